The topological polar surface area (TPSA) is 76.1 Å². The Labute approximate surface area is 127 Å². The lowest BCUT2D eigenvalue weighted by atomic mass is 10.3. The number of hydrogen-bond donors (Lipinski definition) is 1. The fourth-order valence-electron chi connectivity index (χ4n) is 1.30. The fourth-order valence-corrected chi connectivity index (χ4v) is 3.56. The maximum Gasteiger partial charge on any atom is 0.263 e. The van der Waals surface area contributed by atoms with Crippen LogP contribution < -0.4 is 4.72 Å². The van der Waals surface area contributed by atoms with Gasteiger partial charge < -0.3 is 0 Å². The smallest absolute Gasteiger partial charge is 0.263 e. The van der Waals surface area contributed by atoms with Gasteiger partial charge in [0.25, 0.3) is 10.0 Å². The number of Topliss-reactive ketones (excluding diaryl/α,β-unsaturated/α-hetero) is 1. The molecule has 9 heteroatoms. The number of thiazole rings is 1. The van der Waals surface area contributed by atoms with Crippen LogP contribution in [0.5, 0.6) is 0 Å². The predicted molar refractivity (Wildman–Crippen MR) is 77.0 cm³/mol. The monoisotopic (exact) mass is 378 g/mol. The lowest BCUT2D eigenvalue weighted by Crippen LogP contribution is -2.13. The average molecular weight is 379 g/mol. The molecule has 0 saturated heterocycles. The summed E-state index contributed by atoms with van der Waals surface area (Å²) in [4.78, 5) is 14.7. The largest absolute Gasteiger partial charge is 0.293 e. The summed E-state index contributed by atoms with van der Waals surface area (Å²) < 4.78 is 39.8. The van der Waals surface area contributed by atoms with Gasteiger partial charge in [0.15, 0.2) is 10.9 Å². The minimum absolute atomic E-state index is 0.0542. The maximum atomic E-state index is 13.4. The van der Waals surface area contributed by atoms with Gasteiger partial charge in [-0.3, -0.25) is 9.52 Å². The summed E-state index contributed by atoms with van der Waals surface area (Å²) in [5.41, 5.74) is 0.176. The number of rotatable bonds is 4. The van der Waals surface area contributed by atoms with E-state index in [1.807, 2.05) is 0 Å². The van der Waals surface area contributed by atoms with Gasteiger partial charge in [-0.25, -0.2) is 17.8 Å². The van der Waals surface area contributed by atoms with Crippen molar-refractivity contribution in [2.75, 3.05) is 4.72 Å². The van der Waals surface area contributed by atoms with Crippen molar-refractivity contribution in [1.82, 2.24) is 4.98 Å². The Hall–Kier alpha value is -1.32. The Morgan fingerprint density at radius 3 is 2.70 bits per heavy atom. The molecule has 0 amide bonds. The van der Waals surface area contributed by atoms with E-state index in [4.69, 9.17) is 0 Å². The molecule has 5 nitrogen and oxygen atoms in total. The Kier molecular flexibility index (Phi) is 4.21. The second-order valence-electron chi connectivity index (χ2n) is 3.78. The highest BCUT2D eigenvalue weighted by Crippen LogP contribution is 2.23. The van der Waals surface area contributed by atoms with Crippen molar-refractivity contribution in [2.45, 2.75) is 11.8 Å². The van der Waals surface area contributed by atoms with E-state index < -0.39 is 15.8 Å². The Morgan fingerprint density at radius 2 is 2.15 bits per heavy atom. The van der Waals surface area contributed by atoms with Crippen molar-refractivity contribution >= 4 is 48.2 Å². The molecule has 1 N–H and O–H groups in total. The number of carbonyl (C=O) groups excluding carboxylic acids is 1. The van der Waals surface area contributed by atoms with Crippen molar-refractivity contribution in [2.24, 2.45) is 0 Å². The minimum Gasteiger partial charge on any atom is -0.293 e. The second kappa shape index (κ2) is 5.58. The van der Waals surface area contributed by atoms with E-state index in [1.54, 1.807) is 0 Å². The van der Waals surface area contributed by atoms with E-state index in [2.05, 4.69) is 25.6 Å². The van der Waals surface area contributed by atoms with Gasteiger partial charge in [0, 0.05) is 12.3 Å². The first-order chi connectivity index (χ1) is 9.29. The van der Waals surface area contributed by atoms with Crippen LogP contribution in [0.1, 0.15) is 17.4 Å². The highest BCUT2D eigenvalue weighted by Gasteiger charge is 2.18. The number of hydrogen-bond acceptors (Lipinski definition) is 5. The van der Waals surface area contributed by atoms with Crippen LogP contribution in [0.2, 0.25) is 0 Å². The Morgan fingerprint density at radius 1 is 1.45 bits per heavy atom. The zero-order valence-corrected chi connectivity index (χ0v) is 13.3. The molecule has 0 unspecified atom stereocenters. The maximum absolute atomic E-state index is 13.4. The van der Waals surface area contributed by atoms with Crippen LogP contribution in [0, 0.1) is 5.82 Å². The van der Waals surface area contributed by atoms with Gasteiger partial charge in [-0.15, -0.1) is 11.3 Å². The molecule has 0 spiro atoms. The number of halogens is 2. The van der Waals surface area contributed by atoms with E-state index in [0.717, 1.165) is 17.4 Å². The van der Waals surface area contributed by atoms with E-state index in [-0.39, 0.29) is 26.0 Å². The van der Waals surface area contributed by atoms with Crippen molar-refractivity contribution in [3.8, 4) is 0 Å². The molecule has 106 valence electrons. The van der Waals surface area contributed by atoms with Gasteiger partial charge in [-0.05, 0) is 34.1 Å². The molecule has 0 radical (unpaired) electrons. The number of anilines is 1. The van der Waals surface area contributed by atoms with Gasteiger partial charge in [0.1, 0.15) is 11.5 Å². The number of sulfonamides is 1. The number of carbonyl (C=O) groups is 1. The number of ketones is 1. The zero-order chi connectivity index (χ0) is 14.9. The summed E-state index contributed by atoms with van der Waals surface area (Å²) in [7, 11) is -3.94. The molecule has 2 rings (SSSR count). The van der Waals surface area contributed by atoms with E-state index >= 15 is 0 Å². The number of nitrogens with one attached hydrogen (secondary N) is 1. The summed E-state index contributed by atoms with van der Waals surface area (Å²) in [6.45, 7) is 1.33. The van der Waals surface area contributed by atoms with Crippen LogP contribution in [-0.2, 0) is 10.0 Å². The van der Waals surface area contributed by atoms with Crippen LogP contribution >= 0.6 is 27.3 Å². The van der Waals surface area contributed by atoms with Crippen LogP contribution in [-0.4, -0.2) is 19.2 Å². The molecule has 20 heavy (non-hydrogen) atoms. The summed E-state index contributed by atoms with van der Waals surface area (Å²) in [5, 5.41) is 1.50. The lowest BCUT2D eigenvalue weighted by Gasteiger charge is -2.05. The molecular weight excluding hydrogens is 371 g/mol. The first-order valence-corrected chi connectivity index (χ1v) is 8.39. The minimum atomic E-state index is -3.94. The summed E-state index contributed by atoms with van der Waals surface area (Å²) in [6.07, 6.45) is 0. The van der Waals surface area contributed by atoms with Gasteiger partial charge in [-0.2, -0.15) is 0 Å². The summed E-state index contributed by atoms with van der Waals surface area (Å²) >= 11 is 3.93. The van der Waals surface area contributed by atoms with E-state index in [9.17, 15) is 17.6 Å². The van der Waals surface area contributed by atoms with Gasteiger partial charge >= 0.3 is 0 Å². The van der Waals surface area contributed by atoms with E-state index in [0.29, 0.717) is 0 Å². The van der Waals surface area contributed by atoms with Gasteiger partial charge in [-0.1, -0.05) is 0 Å². The van der Waals surface area contributed by atoms with Crippen molar-refractivity contribution in [3.63, 3.8) is 0 Å². The van der Waals surface area contributed by atoms with Crippen LogP contribution in [0.3, 0.4) is 0 Å². The highest BCUT2D eigenvalue weighted by atomic mass is 79.9. The third-order valence-corrected chi connectivity index (χ3v) is 5.15. The van der Waals surface area contributed by atoms with E-state index in [1.165, 1.54) is 24.4 Å². The van der Waals surface area contributed by atoms with Gasteiger partial charge in [0.05, 0.1) is 9.37 Å². The van der Waals surface area contributed by atoms with Gasteiger partial charge in [0.2, 0.25) is 0 Å². The molecule has 0 aliphatic heterocycles. The molecule has 0 bridgehead atoms. The average Bonchev–Trinajstić information content (AvgIpc) is 2.80. The Balaban J connectivity index is 2.30. The molecule has 0 aliphatic rings. The quantitative estimate of drug-likeness (QED) is 0.829. The molecular formula is C11H8BrFN2O3S2. The van der Waals surface area contributed by atoms with Crippen LogP contribution in [0.4, 0.5) is 9.52 Å². The molecule has 2 aromatic rings. The van der Waals surface area contributed by atoms with Crippen molar-refractivity contribution < 1.29 is 17.6 Å². The predicted octanol–water partition coefficient (Wildman–Crippen LogP) is 3.05. The third-order valence-electron chi connectivity index (χ3n) is 2.29. The second-order valence-corrected chi connectivity index (χ2v) is 7.17. The SMILES string of the molecule is CC(=O)c1csc(NS(=O)(=O)c2ccc(Br)c(F)c2)n1. The highest BCUT2D eigenvalue weighted by molar-refractivity contribution is 9.10. The molecule has 1 aromatic carbocycles. The molecule has 0 aliphatic carbocycles. The third kappa shape index (κ3) is 3.22. The lowest BCUT2D eigenvalue weighted by molar-refractivity contribution is 0.101. The molecule has 0 atom stereocenters. The first kappa shape index (κ1) is 15.1. The zero-order valence-electron chi connectivity index (χ0n) is 10.1. The molecule has 0 saturated carbocycles. The fraction of sp³-hybridized carbons (Fsp3) is 0.0909. The van der Waals surface area contributed by atoms with Crippen molar-refractivity contribution in [3.05, 3.63) is 39.6 Å². The van der Waals surface area contributed by atoms with Crippen molar-refractivity contribution in [1.29, 1.82) is 0 Å². The first-order valence-electron chi connectivity index (χ1n) is 5.24. The van der Waals surface area contributed by atoms with Crippen LogP contribution in [0.15, 0.2) is 32.9 Å². The molecule has 0 fully saturated rings. The standard InChI is InChI=1S/C11H8BrFN2O3S2/c1-6(16)10-5-19-11(14-10)15-20(17,18)7-2-3-8(12)9(13)4-7/h2-5H,1H3,(H,14,15). The number of nitrogens with zero attached hydrogens (tertiary/aromatic N) is 1. The van der Waals surface area contributed by atoms with Crippen LogP contribution in [0.25, 0.3) is 0 Å². The summed E-state index contributed by atoms with van der Waals surface area (Å²) in [5.74, 6) is -0.946. The number of aromatic nitrogens is 1. The summed E-state index contributed by atoms with van der Waals surface area (Å²) in [6, 6.07) is 3.45. The normalized spacial score (nSPS) is 11.3. The molecule has 1 heterocycles. The molecule has 1 aromatic heterocycles. The number of benzene rings is 1. The Bertz CT molecular complexity index is 774.